The van der Waals surface area contributed by atoms with Crippen molar-refractivity contribution in [2.75, 3.05) is 20.3 Å². The number of nitrogens with zero attached hydrogens (tertiary/aromatic N) is 2. The Labute approximate surface area is 152 Å². The average Bonchev–Trinajstić information content (AvgIpc) is 3.36. The summed E-state index contributed by atoms with van der Waals surface area (Å²) in [6.07, 6.45) is 7.24. The minimum absolute atomic E-state index is 0.211. The summed E-state index contributed by atoms with van der Waals surface area (Å²) in [7, 11) is 1.46. The second-order valence-corrected chi connectivity index (χ2v) is 8.27. The molecule has 0 N–H and O–H groups in total. The summed E-state index contributed by atoms with van der Waals surface area (Å²) in [6, 6.07) is 5.91. The number of methoxy groups -OCH3 is 1. The standard InChI is InChI=1S/C19H24N2O3S/c1-23-19(22)17(11-13-7-9-24-10-8-13)21-16-3-2-4-18(15(16)12-20-21)25-14-5-6-14/h2-4,12-14,17H,5-11H2,1H3. The molecule has 4 rings (SSSR count). The van der Waals surface area contributed by atoms with Gasteiger partial charge in [0, 0.05) is 28.7 Å². The maximum absolute atomic E-state index is 12.5. The van der Waals surface area contributed by atoms with Crippen molar-refractivity contribution in [3.63, 3.8) is 0 Å². The van der Waals surface area contributed by atoms with Gasteiger partial charge in [-0.1, -0.05) is 6.07 Å². The first-order valence-electron chi connectivity index (χ1n) is 9.04. The third-order valence-corrected chi connectivity index (χ3v) is 6.50. The lowest BCUT2D eigenvalue weighted by atomic mass is 9.92. The monoisotopic (exact) mass is 360 g/mol. The Bertz CT molecular complexity index is 750. The molecular formula is C19H24N2O3S. The van der Waals surface area contributed by atoms with Crippen LogP contribution < -0.4 is 0 Å². The summed E-state index contributed by atoms with van der Waals surface area (Å²) in [5, 5.41) is 6.47. The zero-order valence-electron chi connectivity index (χ0n) is 14.5. The van der Waals surface area contributed by atoms with E-state index < -0.39 is 0 Å². The van der Waals surface area contributed by atoms with E-state index in [1.807, 2.05) is 22.6 Å². The fraction of sp³-hybridized carbons (Fsp3) is 0.579. The number of carbonyl (C=O) groups excluding carboxylic acids is 1. The Morgan fingerprint density at radius 1 is 1.36 bits per heavy atom. The van der Waals surface area contributed by atoms with Gasteiger partial charge >= 0.3 is 5.97 Å². The lowest BCUT2D eigenvalue weighted by Gasteiger charge is -2.26. The van der Waals surface area contributed by atoms with Crippen LogP contribution in [-0.2, 0) is 14.3 Å². The Hall–Kier alpha value is -1.53. The van der Waals surface area contributed by atoms with Gasteiger partial charge in [-0.25, -0.2) is 4.79 Å². The van der Waals surface area contributed by atoms with Gasteiger partial charge in [0.25, 0.3) is 0 Å². The summed E-state index contributed by atoms with van der Waals surface area (Å²) in [5.74, 6) is 0.262. The molecule has 0 bridgehead atoms. The summed E-state index contributed by atoms with van der Waals surface area (Å²) in [6.45, 7) is 1.56. The Morgan fingerprint density at radius 3 is 2.88 bits per heavy atom. The molecule has 1 aliphatic carbocycles. The average molecular weight is 360 g/mol. The van der Waals surface area contributed by atoms with E-state index in [1.54, 1.807) is 0 Å². The zero-order valence-corrected chi connectivity index (χ0v) is 15.3. The van der Waals surface area contributed by atoms with Gasteiger partial charge < -0.3 is 9.47 Å². The summed E-state index contributed by atoms with van der Waals surface area (Å²) < 4.78 is 12.4. The molecule has 2 heterocycles. The Morgan fingerprint density at radius 2 is 2.16 bits per heavy atom. The van der Waals surface area contributed by atoms with Gasteiger partial charge in [0.1, 0.15) is 6.04 Å². The van der Waals surface area contributed by atoms with Crippen LogP contribution >= 0.6 is 11.8 Å². The van der Waals surface area contributed by atoms with E-state index in [2.05, 4.69) is 23.3 Å². The van der Waals surface area contributed by atoms with Crippen LogP contribution in [0.3, 0.4) is 0 Å². The predicted molar refractivity (Wildman–Crippen MR) is 97.8 cm³/mol. The van der Waals surface area contributed by atoms with Gasteiger partial charge in [-0.15, -0.1) is 11.8 Å². The summed E-state index contributed by atoms with van der Waals surface area (Å²) >= 11 is 1.93. The molecule has 2 aliphatic rings. The minimum Gasteiger partial charge on any atom is -0.467 e. The molecule has 1 aromatic carbocycles. The first kappa shape index (κ1) is 16.9. The minimum atomic E-state index is -0.369. The first-order chi connectivity index (χ1) is 12.3. The molecule has 1 saturated heterocycles. The molecule has 0 amide bonds. The van der Waals surface area contributed by atoms with Crippen molar-refractivity contribution in [2.45, 2.75) is 48.3 Å². The van der Waals surface area contributed by atoms with Crippen LogP contribution in [0.1, 0.15) is 38.1 Å². The van der Waals surface area contributed by atoms with Crippen molar-refractivity contribution in [1.82, 2.24) is 9.78 Å². The Balaban J connectivity index is 1.64. The van der Waals surface area contributed by atoms with E-state index in [0.29, 0.717) is 5.92 Å². The molecule has 25 heavy (non-hydrogen) atoms. The third kappa shape index (κ3) is 3.70. The molecule has 5 nitrogen and oxygen atoms in total. The fourth-order valence-corrected chi connectivity index (χ4v) is 4.66. The smallest absolute Gasteiger partial charge is 0.330 e. The van der Waals surface area contributed by atoms with Crippen molar-refractivity contribution in [3.05, 3.63) is 24.4 Å². The number of carbonyl (C=O) groups is 1. The van der Waals surface area contributed by atoms with Crippen molar-refractivity contribution >= 4 is 28.6 Å². The van der Waals surface area contributed by atoms with E-state index >= 15 is 0 Å². The molecule has 1 unspecified atom stereocenters. The molecule has 1 aromatic heterocycles. The summed E-state index contributed by atoms with van der Waals surface area (Å²) in [5.41, 5.74) is 1.02. The van der Waals surface area contributed by atoms with Crippen molar-refractivity contribution in [3.8, 4) is 0 Å². The zero-order chi connectivity index (χ0) is 17.2. The molecule has 2 fully saturated rings. The van der Waals surface area contributed by atoms with E-state index in [0.717, 1.165) is 48.6 Å². The number of esters is 1. The molecule has 2 aromatic rings. The number of fused-ring (bicyclic) bond motifs is 1. The van der Waals surface area contributed by atoms with Crippen molar-refractivity contribution < 1.29 is 14.3 Å². The number of hydrogen-bond acceptors (Lipinski definition) is 5. The van der Waals surface area contributed by atoms with Crippen LogP contribution in [0.15, 0.2) is 29.3 Å². The van der Waals surface area contributed by atoms with Gasteiger partial charge in [-0.2, -0.15) is 5.10 Å². The number of benzene rings is 1. The van der Waals surface area contributed by atoms with Crippen LogP contribution in [0, 0.1) is 5.92 Å². The molecule has 134 valence electrons. The van der Waals surface area contributed by atoms with Crippen molar-refractivity contribution in [1.29, 1.82) is 0 Å². The van der Waals surface area contributed by atoms with Gasteiger partial charge in [0.15, 0.2) is 0 Å². The Kier molecular flexibility index (Phi) is 4.99. The van der Waals surface area contributed by atoms with Crippen LogP contribution in [0.25, 0.3) is 10.9 Å². The van der Waals surface area contributed by atoms with Crippen LogP contribution in [0.5, 0.6) is 0 Å². The van der Waals surface area contributed by atoms with Crippen molar-refractivity contribution in [2.24, 2.45) is 5.92 Å². The molecule has 6 heteroatoms. The second kappa shape index (κ2) is 7.38. The van der Waals surface area contributed by atoms with Gasteiger partial charge in [-0.3, -0.25) is 4.68 Å². The van der Waals surface area contributed by atoms with E-state index in [1.165, 1.54) is 24.8 Å². The third-order valence-electron chi connectivity index (χ3n) is 5.09. The number of ether oxygens (including phenoxy) is 2. The highest BCUT2D eigenvalue weighted by molar-refractivity contribution is 8.00. The van der Waals surface area contributed by atoms with Gasteiger partial charge in [-0.05, 0) is 50.2 Å². The van der Waals surface area contributed by atoms with Crippen LogP contribution in [0.2, 0.25) is 0 Å². The molecule has 0 spiro atoms. The highest BCUT2D eigenvalue weighted by Crippen LogP contribution is 2.42. The number of rotatable bonds is 6. The predicted octanol–water partition coefficient (Wildman–Crippen LogP) is 3.82. The highest BCUT2D eigenvalue weighted by atomic mass is 32.2. The maximum Gasteiger partial charge on any atom is 0.330 e. The number of aromatic nitrogens is 2. The highest BCUT2D eigenvalue weighted by Gasteiger charge is 2.29. The van der Waals surface area contributed by atoms with E-state index in [4.69, 9.17) is 9.47 Å². The van der Waals surface area contributed by atoms with E-state index in [-0.39, 0.29) is 12.0 Å². The second-order valence-electron chi connectivity index (χ2n) is 6.93. The number of hydrogen-bond donors (Lipinski definition) is 0. The van der Waals surface area contributed by atoms with E-state index in [9.17, 15) is 4.79 Å². The fourth-order valence-electron chi connectivity index (χ4n) is 3.49. The normalized spacial score (nSPS) is 19.9. The molecular weight excluding hydrogens is 336 g/mol. The van der Waals surface area contributed by atoms with Gasteiger partial charge in [0.05, 0.1) is 18.8 Å². The van der Waals surface area contributed by atoms with Crippen LogP contribution in [-0.4, -0.2) is 41.3 Å². The molecule has 1 saturated carbocycles. The largest absolute Gasteiger partial charge is 0.467 e. The maximum atomic E-state index is 12.5. The van der Waals surface area contributed by atoms with Crippen LogP contribution in [0.4, 0.5) is 0 Å². The SMILES string of the molecule is COC(=O)C(CC1CCOCC1)n1ncc2c(SC3CC3)cccc21. The molecule has 1 atom stereocenters. The number of thioether (sulfide) groups is 1. The van der Waals surface area contributed by atoms with Gasteiger partial charge in [0.2, 0.25) is 0 Å². The first-order valence-corrected chi connectivity index (χ1v) is 9.92. The summed E-state index contributed by atoms with van der Waals surface area (Å²) in [4.78, 5) is 13.7. The molecule has 0 radical (unpaired) electrons. The lowest BCUT2D eigenvalue weighted by molar-refractivity contribution is -0.145. The molecule has 1 aliphatic heterocycles. The quantitative estimate of drug-likeness (QED) is 0.733. The topological polar surface area (TPSA) is 53.4 Å². The lowest BCUT2D eigenvalue weighted by Crippen LogP contribution is -2.27.